The molecule has 0 radical (unpaired) electrons. The summed E-state index contributed by atoms with van der Waals surface area (Å²) < 4.78 is 0. The van der Waals surface area contributed by atoms with Gasteiger partial charge in [0, 0.05) is 0 Å². The first-order valence-electron chi connectivity index (χ1n) is 10.1. The van der Waals surface area contributed by atoms with Crippen LogP contribution in [0.5, 0.6) is 0 Å². The average Bonchev–Trinajstić information content (AvgIpc) is 3.26. The summed E-state index contributed by atoms with van der Waals surface area (Å²) in [5.41, 5.74) is 5.85. The Morgan fingerprint density at radius 2 is 1.26 bits per heavy atom. The van der Waals surface area contributed by atoms with Gasteiger partial charge in [0.2, 0.25) is 0 Å². The predicted molar refractivity (Wildman–Crippen MR) is 122 cm³/mol. The van der Waals surface area contributed by atoms with Crippen LogP contribution >= 0.6 is 0 Å². The zero-order valence-corrected chi connectivity index (χ0v) is 17.5. The Labute approximate surface area is 179 Å². The highest BCUT2D eigenvalue weighted by Gasteiger charge is 2.54. The van der Waals surface area contributed by atoms with Crippen molar-refractivity contribution in [2.75, 3.05) is 0 Å². The van der Waals surface area contributed by atoms with Crippen LogP contribution in [-0.2, 0) is 11.5 Å². The van der Waals surface area contributed by atoms with Crippen LogP contribution in [0.25, 0.3) is 22.3 Å². The summed E-state index contributed by atoms with van der Waals surface area (Å²) in [4.78, 5) is 16.3. The van der Waals surface area contributed by atoms with Crippen molar-refractivity contribution in [1.82, 2.24) is 0 Å². The molecule has 4 aromatic carbocycles. The fraction of sp³-hybridized carbons (Fsp3) is 0.0385. The highest BCUT2D eigenvalue weighted by molar-refractivity contribution is 7.24. The molecule has 5 heteroatoms. The van der Waals surface area contributed by atoms with Crippen molar-refractivity contribution in [2.24, 2.45) is 0 Å². The third-order valence-electron chi connectivity index (χ3n) is 6.63. The number of rotatable bonds is 3. The molecule has 6 rings (SSSR count). The van der Waals surface area contributed by atoms with E-state index in [4.69, 9.17) is 5.26 Å². The predicted octanol–water partition coefficient (Wildman–Crippen LogP) is 2.71. The van der Waals surface area contributed by atoms with Crippen LogP contribution < -0.4 is 20.7 Å². The summed E-state index contributed by atoms with van der Waals surface area (Å²) in [6.07, 6.45) is 0. The Bertz CT molecular complexity index is 1350. The summed E-state index contributed by atoms with van der Waals surface area (Å²) in [6.45, 7) is 0.109. The Balaban J connectivity index is 1.80. The van der Waals surface area contributed by atoms with Crippen molar-refractivity contribution in [3.63, 3.8) is 0 Å². The van der Waals surface area contributed by atoms with Crippen LogP contribution in [0.2, 0.25) is 0 Å². The molecule has 2 heterocycles. The lowest BCUT2D eigenvalue weighted by Crippen LogP contribution is -2.70. The molecule has 2 aliphatic rings. The van der Waals surface area contributed by atoms with Crippen LogP contribution in [0, 0.1) is 0 Å². The molecule has 4 nitrogen and oxygen atoms in total. The van der Waals surface area contributed by atoms with Crippen LogP contribution in [0.15, 0.2) is 84.9 Å². The van der Waals surface area contributed by atoms with Gasteiger partial charge in [0.15, 0.2) is 8.07 Å². The van der Waals surface area contributed by atoms with Gasteiger partial charge in [-0.3, -0.25) is 5.26 Å². The molecule has 0 saturated heterocycles. The summed E-state index contributed by atoms with van der Waals surface area (Å²) in [6, 6.07) is 28.7. The minimum Gasteiger partial charge on any atom is -0.478 e. The second kappa shape index (κ2) is 6.49. The summed E-state index contributed by atoms with van der Waals surface area (Å²) in [7, 11) is -2.69. The monoisotopic (exact) mass is 422 g/mol. The number of carboxylic acids is 1. The molecule has 0 saturated carbocycles. The number of carboxylic acid groups (broad SMARTS) is 1. The fourth-order valence-electron chi connectivity index (χ4n) is 5.48. The first-order valence-corrected chi connectivity index (χ1v) is 12.1. The van der Waals surface area contributed by atoms with E-state index in [1.165, 1.54) is 26.7 Å². The molecule has 0 aromatic heterocycles. The van der Waals surface area contributed by atoms with E-state index in [1.807, 2.05) is 18.2 Å². The van der Waals surface area contributed by atoms with Crippen LogP contribution in [0.4, 0.5) is 0 Å². The van der Waals surface area contributed by atoms with E-state index in [0.29, 0.717) is 5.56 Å². The molecule has 2 N–H and O–H groups in total. The standard InChI is InChI=1S/C26H18O4Si/c27-26(28)17-10-12-21-20-11-9-16(15-30-29)13-24(20)31(25(21)14-17)22-7-3-1-5-18(22)19-6-2-4-8-23(19)31/h1-14,29H,15H2,(H,27,28). The maximum atomic E-state index is 11.9. The van der Waals surface area contributed by atoms with Crippen molar-refractivity contribution in [2.45, 2.75) is 6.61 Å². The van der Waals surface area contributed by atoms with Crippen molar-refractivity contribution >= 4 is 34.8 Å². The number of carbonyl (C=O) groups is 1. The maximum Gasteiger partial charge on any atom is 0.335 e. The molecule has 0 amide bonds. The summed E-state index contributed by atoms with van der Waals surface area (Å²) in [5.74, 6) is -0.920. The second-order valence-corrected chi connectivity index (χ2v) is 11.7. The SMILES string of the molecule is O=C(O)c1ccc2c(c1)[Si]1(c3ccccc3-c3ccccc31)c1cc(COO)ccc1-2. The second-order valence-electron chi connectivity index (χ2n) is 8.06. The van der Waals surface area contributed by atoms with Gasteiger partial charge in [-0.1, -0.05) is 72.8 Å². The first-order chi connectivity index (χ1) is 15.2. The van der Waals surface area contributed by atoms with Gasteiger partial charge in [-0.15, -0.1) is 0 Å². The number of fused-ring (bicyclic) bond motifs is 10. The maximum absolute atomic E-state index is 11.9. The summed E-state index contributed by atoms with van der Waals surface area (Å²) >= 11 is 0. The number of hydrogen-bond acceptors (Lipinski definition) is 3. The van der Waals surface area contributed by atoms with Crippen molar-refractivity contribution in [1.29, 1.82) is 0 Å². The minimum atomic E-state index is -2.69. The molecule has 31 heavy (non-hydrogen) atoms. The fourth-order valence-corrected chi connectivity index (χ4v) is 11.2. The van der Waals surface area contributed by atoms with Crippen molar-refractivity contribution in [3.8, 4) is 22.3 Å². The number of benzene rings is 4. The van der Waals surface area contributed by atoms with Gasteiger partial charge in [-0.2, -0.15) is 0 Å². The quantitative estimate of drug-likeness (QED) is 0.261. The smallest absolute Gasteiger partial charge is 0.335 e. The topological polar surface area (TPSA) is 66.8 Å². The lowest BCUT2D eigenvalue weighted by Gasteiger charge is -2.28. The Kier molecular flexibility index (Phi) is 3.83. The van der Waals surface area contributed by atoms with Gasteiger partial charge in [0.1, 0.15) is 6.61 Å². The van der Waals surface area contributed by atoms with E-state index in [2.05, 4.69) is 65.6 Å². The largest absolute Gasteiger partial charge is 0.478 e. The van der Waals surface area contributed by atoms with E-state index in [-0.39, 0.29) is 6.61 Å². The van der Waals surface area contributed by atoms with E-state index < -0.39 is 14.0 Å². The van der Waals surface area contributed by atoms with Crippen LogP contribution in [-0.4, -0.2) is 24.4 Å². The molecule has 4 aromatic rings. The number of hydrogen-bond donors (Lipinski definition) is 2. The van der Waals surface area contributed by atoms with Crippen molar-refractivity contribution < 1.29 is 20.0 Å². The minimum absolute atomic E-state index is 0.109. The van der Waals surface area contributed by atoms with Gasteiger partial charge >= 0.3 is 5.97 Å². The van der Waals surface area contributed by atoms with Gasteiger partial charge in [-0.05, 0) is 60.7 Å². The highest BCUT2D eigenvalue weighted by atomic mass is 28.3. The zero-order valence-electron chi connectivity index (χ0n) is 16.5. The van der Waals surface area contributed by atoms with Crippen LogP contribution in [0.3, 0.4) is 0 Å². The Morgan fingerprint density at radius 3 is 1.87 bits per heavy atom. The highest BCUT2D eigenvalue weighted by Crippen LogP contribution is 2.36. The molecule has 0 aliphatic carbocycles. The molecule has 0 atom stereocenters. The van der Waals surface area contributed by atoms with Crippen molar-refractivity contribution in [3.05, 3.63) is 96.1 Å². The molecule has 0 fully saturated rings. The van der Waals surface area contributed by atoms with E-state index >= 15 is 0 Å². The molecule has 1 spiro atoms. The zero-order chi connectivity index (χ0) is 21.2. The van der Waals surface area contributed by atoms with E-state index in [1.54, 1.807) is 6.07 Å². The summed E-state index contributed by atoms with van der Waals surface area (Å²) in [5, 5.41) is 23.7. The molecular weight excluding hydrogens is 404 g/mol. The normalized spacial score (nSPS) is 14.1. The molecule has 0 unspecified atom stereocenters. The lowest BCUT2D eigenvalue weighted by molar-refractivity contribution is -0.252. The molecule has 0 bridgehead atoms. The average molecular weight is 423 g/mol. The van der Waals surface area contributed by atoms with Gasteiger partial charge < -0.3 is 5.11 Å². The van der Waals surface area contributed by atoms with Gasteiger partial charge in [0.25, 0.3) is 0 Å². The first kappa shape index (κ1) is 18.3. The Morgan fingerprint density at radius 1 is 0.710 bits per heavy atom. The Hall–Kier alpha value is -3.51. The number of aromatic carboxylic acids is 1. The van der Waals surface area contributed by atoms with E-state index in [0.717, 1.165) is 21.9 Å². The molecular formula is C26H18O4Si. The molecule has 150 valence electrons. The van der Waals surface area contributed by atoms with Gasteiger partial charge in [-0.25, -0.2) is 9.68 Å². The third-order valence-corrected chi connectivity index (χ3v) is 11.6. The van der Waals surface area contributed by atoms with Gasteiger partial charge in [0.05, 0.1) is 5.56 Å². The van der Waals surface area contributed by atoms with Crippen LogP contribution in [0.1, 0.15) is 15.9 Å². The molecule has 2 aliphatic heterocycles. The lowest BCUT2D eigenvalue weighted by atomic mass is 10.0. The van der Waals surface area contributed by atoms with E-state index in [9.17, 15) is 9.90 Å². The third kappa shape index (κ3) is 2.28.